The molecule has 86 valence electrons. The van der Waals surface area contributed by atoms with Crippen LogP contribution in [0.5, 0.6) is 0 Å². The lowest BCUT2D eigenvalue weighted by Gasteiger charge is -2.19. The summed E-state index contributed by atoms with van der Waals surface area (Å²) < 4.78 is 0. The van der Waals surface area contributed by atoms with Crippen molar-refractivity contribution in [3.8, 4) is 0 Å². The van der Waals surface area contributed by atoms with Gasteiger partial charge in [0.05, 0.1) is 0 Å². The Kier molecular flexibility index (Phi) is 2.32. The molecule has 0 saturated carbocycles. The number of nitrogens with zero attached hydrogens (tertiary/aromatic N) is 3. The van der Waals surface area contributed by atoms with Crippen molar-refractivity contribution in [3.63, 3.8) is 0 Å². The maximum atomic E-state index is 6.07. The molecule has 0 aromatic carbocycles. The van der Waals surface area contributed by atoms with E-state index < -0.39 is 0 Å². The maximum absolute atomic E-state index is 6.07. The Balaban J connectivity index is 1.93. The van der Waals surface area contributed by atoms with Gasteiger partial charge in [-0.1, -0.05) is 6.92 Å². The molecule has 4 heteroatoms. The van der Waals surface area contributed by atoms with Crippen LogP contribution in [0.1, 0.15) is 24.6 Å². The van der Waals surface area contributed by atoms with Crippen LogP contribution in [-0.4, -0.2) is 29.1 Å². The summed E-state index contributed by atoms with van der Waals surface area (Å²) in [5, 5.41) is 0. The van der Waals surface area contributed by atoms with Crippen LogP contribution >= 0.6 is 0 Å². The molecule has 0 spiro atoms. The highest BCUT2D eigenvalue weighted by Gasteiger charge is 2.30. The zero-order valence-corrected chi connectivity index (χ0v) is 9.69. The molecule has 2 N–H and O–H groups in total. The van der Waals surface area contributed by atoms with E-state index in [2.05, 4.69) is 21.8 Å². The maximum Gasteiger partial charge on any atom is 0.135 e. The first kappa shape index (κ1) is 10.0. The van der Waals surface area contributed by atoms with Gasteiger partial charge in [-0.05, 0) is 25.2 Å². The van der Waals surface area contributed by atoms with E-state index in [4.69, 9.17) is 5.73 Å². The van der Waals surface area contributed by atoms with E-state index in [9.17, 15) is 0 Å². The second-order valence-electron chi connectivity index (χ2n) is 5.02. The molecule has 1 aromatic heterocycles. The zero-order chi connectivity index (χ0) is 11.1. The molecule has 16 heavy (non-hydrogen) atoms. The largest absolute Gasteiger partial charge is 0.354 e. The topological polar surface area (TPSA) is 55.0 Å². The Labute approximate surface area is 95.9 Å². The summed E-state index contributed by atoms with van der Waals surface area (Å²) in [6.07, 6.45) is 5.16. The monoisotopic (exact) mass is 218 g/mol. The number of hydrogen-bond donors (Lipinski definition) is 1. The fourth-order valence-electron chi connectivity index (χ4n) is 2.78. The predicted molar refractivity (Wildman–Crippen MR) is 63.4 cm³/mol. The van der Waals surface area contributed by atoms with Crippen molar-refractivity contribution < 1.29 is 0 Å². The van der Waals surface area contributed by atoms with Gasteiger partial charge in [-0.25, -0.2) is 9.97 Å². The smallest absolute Gasteiger partial charge is 0.135 e. The van der Waals surface area contributed by atoms with Crippen LogP contribution in [0.15, 0.2) is 6.33 Å². The van der Waals surface area contributed by atoms with Crippen molar-refractivity contribution in [1.82, 2.24) is 9.97 Å². The number of hydrogen-bond acceptors (Lipinski definition) is 4. The van der Waals surface area contributed by atoms with Crippen LogP contribution in [-0.2, 0) is 12.8 Å². The van der Waals surface area contributed by atoms with Crippen molar-refractivity contribution in [2.24, 2.45) is 11.7 Å². The molecule has 2 heterocycles. The molecule has 1 saturated heterocycles. The van der Waals surface area contributed by atoms with Gasteiger partial charge in [-0.15, -0.1) is 0 Å². The van der Waals surface area contributed by atoms with Gasteiger partial charge in [0.1, 0.15) is 12.1 Å². The van der Waals surface area contributed by atoms with Gasteiger partial charge < -0.3 is 10.6 Å². The van der Waals surface area contributed by atoms with Crippen LogP contribution in [0.2, 0.25) is 0 Å². The first-order chi connectivity index (χ1) is 7.75. The first-order valence-corrected chi connectivity index (χ1v) is 6.09. The number of fused-ring (bicyclic) bond motifs is 1. The summed E-state index contributed by atoms with van der Waals surface area (Å²) in [5.41, 5.74) is 8.68. The quantitative estimate of drug-likeness (QED) is 0.755. The second kappa shape index (κ2) is 3.70. The van der Waals surface area contributed by atoms with E-state index in [1.807, 2.05) is 0 Å². The van der Waals surface area contributed by atoms with Crippen LogP contribution < -0.4 is 10.6 Å². The van der Waals surface area contributed by atoms with E-state index in [0.717, 1.165) is 31.7 Å². The van der Waals surface area contributed by atoms with Crippen molar-refractivity contribution in [2.75, 3.05) is 18.0 Å². The Morgan fingerprint density at radius 2 is 2.19 bits per heavy atom. The highest BCUT2D eigenvalue weighted by Crippen LogP contribution is 2.30. The molecule has 4 nitrogen and oxygen atoms in total. The summed E-state index contributed by atoms with van der Waals surface area (Å²) >= 11 is 0. The zero-order valence-electron chi connectivity index (χ0n) is 9.69. The van der Waals surface area contributed by atoms with Crippen molar-refractivity contribution >= 4 is 5.82 Å². The third-order valence-corrected chi connectivity index (χ3v) is 3.82. The van der Waals surface area contributed by atoms with Crippen molar-refractivity contribution in [3.05, 3.63) is 17.6 Å². The molecule has 2 unspecified atom stereocenters. The Morgan fingerprint density at radius 1 is 1.31 bits per heavy atom. The molecule has 1 aromatic rings. The minimum absolute atomic E-state index is 0.284. The molecule has 2 atom stereocenters. The van der Waals surface area contributed by atoms with Crippen LogP contribution in [0.25, 0.3) is 0 Å². The number of anilines is 1. The highest BCUT2D eigenvalue weighted by molar-refractivity contribution is 5.51. The van der Waals surface area contributed by atoms with Gasteiger partial charge >= 0.3 is 0 Å². The molecule has 1 aliphatic carbocycles. The summed E-state index contributed by atoms with van der Waals surface area (Å²) in [4.78, 5) is 11.2. The molecule has 2 aliphatic rings. The van der Waals surface area contributed by atoms with Gasteiger partial charge in [-0.2, -0.15) is 0 Å². The average Bonchev–Trinajstić information content (AvgIpc) is 2.85. The van der Waals surface area contributed by atoms with E-state index in [-0.39, 0.29) is 6.04 Å². The third kappa shape index (κ3) is 1.48. The van der Waals surface area contributed by atoms with Crippen molar-refractivity contribution in [2.45, 2.75) is 32.2 Å². The fraction of sp³-hybridized carbons (Fsp3) is 0.667. The van der Waals surface area contributed by atoms with E-state index >= 15 is 0 Å². The highest BCUT2D eigenvalue weighted by atomic mass is 15.2. The molecule has 1 aliphatic heterocycles. The normalized spacial score (nSPS) is 28.5. The summed E-state index contributed by atoms with van der Waals surface area (Å²) in [6.45, 7) is 4.18. The molecular formula is C12H18N4. The summed E-state index contributed by atoms with van der Waals surface area (Å²) in [6, 6.07) is 0.284. The third-order valence-electron chi connectivity index (χ3n) is 3.82. The number of rotatable bonds is 1. The van der Waals surface area contributed by atoms with Crippen LogP contribution in [0, 0.1) is 5.92 Å². The van der Waals surface area contributed by atoms with Crippen LogP contribution in [0.4, 0.5) is 5.82 Å². The Bertz CT molecular complexity index is 394. The average molecular weight is 218 g/mol. The molecular weight excluding hydrogens is 200 g/mol. The molecule has 3 rings (SSSR count). The minimum atomic E-state index is 0.284. The number of nitrogens with two attached hydrogens (primary N) is 1. The Morgan fingerprint density at radius 3 is 2.94 bits per heavy atom. The lowest BCUT2D eigenvalue weighted by Crippen LogP contribution is -2.29. The number of aryl methyl sites for hydroxylation is 1. The summed E-state index contributed by atoms with van der Waals surface area (Å²) in [5.74, 6) is 1.70. The van der Waals surface area contributed by atoms with Gasteiger partial charge in [0.2, 0.25) is 0 Å². The minimum Gasteiger partial charge on any atom is -0.354 e. The lowest BCUT2D eigenvalue weighted by molar-refractivity contribution is 0.566. The SMILES string of the molecule is CC1CN(c2ncnc3c2CCC3)CC1N. The van der Waals surface area contributed by atoms with Gasteiger partial charge in [-0.3, -0.25) is 0 Å². The molecule has 1 fully saturated rings. The van der Waals surface area contributed by atoms with Crippen molar-refractivity contribution in [1.29, 1.82) is 0 Å². The van der Waals surface area contributed by atoms with Gasteiger partial charge in [0.25, 0.3) is 0 Å². The van der Waals surface area contributed by atoms with E-state index in [0.29, 0.717) is 5.92 Å². The summed E-state index contributed by atoms with van der Waals surface area (Å²) in [7, 11) is 0. The molecule has 0 radical (unpaired) electrons. The lowest BCUT2D eigenvalue weighted by atomic mass is 10.1. The Hall–Kier alpha value is -1.16. The standard InChI is InChI=1S/C12H18N4/c1-8-5-16(6-10(8)13)12-9-3-2-4-11(9)14-7-15-12/h7-8,10H,2-6,13H2,1H3. The van der Waals surface area contributed by atoms with E-state index in [1.165, 1.54) is 17.7 Å². The van der Waals surface area contributed by atoms with Gasteiger partial charge in [0.15, 0.2) is 0 Å². The second-order valence-corrected chi connectivity index (χ2v) is 5.02. The van der Waals surface area contributed by atoms with Gasteiger partial charge in [0, 0.05) is 30.4 Å². The predicted octanol–water partition coefficient (Wildman–Crippen LogP) is 0.749. The first-order valence-electron chi connectivity index (χ1n) is 6.09. The molecule has 0 amide bonds. The number of aromatic nitrogens is 2. The molecule has 0 bridgehead atoms. The fourth-order valence-corrected chi connectivity index (χ4v) is 2.78. The van der Waals surface area contributed by atoms with Crippen LogP contribution in [0.3, 0.4) is 0 Å². The van der Waals surface area contributed by atoms with E-state index in [1.54, 1.807) is 6.33 Å².